The Morgan fingerprint density at radius 1 is 0.892 bits per heavy atom. The molecule has 1 fully saturated rings. The second-order valence-electron chi connectivity index (χ2n) is 8.89. The Hall–Kier alpha value is -3.91. The van der Waals surface area contributed by atoms with Crippen LogP contribution in [0.1, 0.15) is 15.9 Å². The molecular formula is C29H29N3O4S. The largest absolute Gasteiger partial charge is 0.493 e. The van der Waals surface area contributed by atoms with E-state index in [2.05, 4.69) is 17.0 Å². The van der Waals surface area contributed by atoms with Gasteiger partial charge in [-0.2, -0.15) is 0 Å². The summed E-state index contributed by atoms with van der Waals surface area (Å²) in [4.78, 5) is 33.8. The number of methoxy groups -OCH3 is 2. The molecule has 2 aliphatic heterocycles. The lowest BCUT2D eigenvalue weighted by Gasteiger charge is -2.36. The number of ether oxygens (including phenoxy) is 2. The van der Waals surface area contributed by atoms with Crippen molar-refractivity contribution >= 4 is 41.0 Å². The van der Waals surface area contributed by atoms with E-state index in [9.17, 15) is 9.59 Å². The highest BCUT2D eigenvalue weighted by atomic mass is 32.2. The van der Waals surface area contributed by atoms with Crippen molar-refractivity contribution in [1.82, 2.24) is 4.90 Å². The van der Waals surface area contributed by atoms with Crippen LogP contribution in [0, 0.1) is 0 Å². The molecule has 2 heterocycles. The summed E-state index contributed by atoms with van der Waals surface area (Å²) in [5, 5.41) is 0. The minimum Gasteiger partial charge on any atom is -0.493 e. The van der Waals surface area contributed by atoms with Crippen LogP contribution in [0.2, 0.25) is 0 Å². The highest BCUT2D eigenvalue weighted by Crippen LogP contribution is 2.42. The molecule has 0 unspecified atom stereocenters. The number of carbonyl (C=O) groups is 2. The second-order valence-corrected chi connectivity index (χ2v) is 9.97. The molecule has 1 saturated heterocycles. The number of carbonyl (C=O) groups excluding carboxylic acids is 2. The van der Waals surface area contributed by atoms with Gasteiger partial charge in [-0.15, -0.1) is 0 Å². The maximum absolute atomic E-state index is 13.3. The van der Waals surface area contributed by atoms with E-state index in [0.717, 1.165) is 29.2 Å². The van der Waals surface area contributed by atoms with E-state index in [0.29, 0.717) is 35.1 Å². The Morgan fingerprint density at radius 3 is 2.32 bits per heavy atom. The van der Waals surface area contributed by atoms with Gasteiger partial charge in [0, 0.05) is 49.4 Å². The van der Waals surface area contributed by atoms with Gasteiger partial charge < -0.3 is 24.2 Å². The lowest BCUT2D eigenvalue weighted by molar-refractivity contribution is -0.114. The highest BCUT2D eigenvalue weighted by molar-refractivity contribution is 8.04. The van der Waals surface area contributed by atoms with Gasteiger partial charge in [0.2, 0.25) is 0 Å². The van der Waals surface area contributed by atoms with Gasteiger partial charge in [-0.1, -0.05) is 36.0 Å². The molecular weight excluding hydrogens is 486 g/mol. The molecule has 190 valence electrons. The monoisotopic (exact) mass is 515 g/mol. The van der Waals surface area contributed by atoms with Gasteiger partial charge in [-0.05, 0) is 54.1 Å². The molecule has 2 aliphatic rings. The van der Waals surface area contributed by atoms with Gasteiger partial charge in [-0.25, -0.2) is 0 Å². The van der Waals surface area contributed by atoms with E-state index in [-0.39, 0.29) is 11.8 Å². The number of para-hydroxylation sites is 1. The predicted octanol–water partition coefficient (Wildman–Crippen LogP) is 4.78. The third-order valence-corrected chi connectivity index (χ3v) is 7.77. The molecule has 0 saturated carbocycles. The topological polar surface area (TPSA) is 62.3 Å². The van der Waals surface area contributed by atoms with Gasteiger partial charge in [0.25, 0.3) is 11.8 Å². The van der Waals surface area contributed by atoms with E-state index >= 15 is 0 Å². The number of piperazine rings is 1. The minimum atomic E-state index is -0.117. The number of fused-ring (bicyclic) bond motifs is 1. The Labute approximate surface area is 221 Å². The highest BCUT2D eigenvalue weighted by Gasteiger charge is 2.29. The first kappa shape index (κ1) is 24.8. The quantitative estimate of drug-likeness (QED) is 0.456. The van der Waals surface area contributed by atoms with E-state index < -0.39 is 0 Å². The van der Waals surface area contributed by atoms with Crippen LogP contribution in [0.5, 0.6) is 11.5 Å². The Bertz CT molecular complexity index is 1350. The second kappa shape index (κ2) is 10.6. The van der Waals surface area contributed by atoms with E-state index in [1.54, 1.807) is 26.2 Å². The van der Waals surface area contributed by atoms with Crippen LogP contribution in [0.3, 0.4) is 0 Å². The maximum atomic E-state index is 13.3. The molecule has 0 aliphatic carbocycles. The number of thioether (sulfide) groups is 1. The van der Waals surface area contributed by atoms with Crippen molar-refractivity contribution in [1.29, 1.82) is 0 Å². The van der Waals surface area contributed by atoms with Crippen molar-refractivity contribution in [2.75, 3.05) is 57.2 Å². The van der Waals surface area contributed by atoms with Crippen molar-refractivity contribution in [3.8, 4) is 11.5 Å². The first-order chi connectivity index (χ1) is 18.0. The molecule has 0 spiro atoms. The Kier molecular flexibility index (Phi) is 7.10. The van der Waals surface area contributed by atoms with Crippen molar-refractivity contribution in [3.63, 3.8) is 0 Å². The molecule has 3 aromatic rings. The summed E-state index contributed by atoms with van der Waals surface area (Å²) in [6.45, 7) is 2.90. The minimum absolute atomic E-state index is 0.00646. The molecule has 0 aromatic heterocycles. The molecule has 0 bridgehead atoms. The molecule has 0 atom stereocenters. The zero-order chi connectivity index (χ0) is 25.9. The summed E-state index contributed by atoms with van der Waals surface area (Å²) in [5.41, 5.74) is 3.36. The van der Waals surface area contributed by atoms with E-state index in [1.165, 1.54) is 17.4 Å². The summed E-state index contributed by atoms with van der Waals surface area (Å²) in [6.07, 6.45) is 1.85. The van der Waals surface area contributed by atoms with Crippen LogP contribution in [0.25, 0.3) is 6.08 Å². The SMILES string of the molecule is COc1ccc(C=C2Sc3ccc(C(=O)N4CCN(c5ccccc5)CC4)cc3N(C)C2=O)cc1OC. The molecule has 8 heteroatoms. The maximum Gasteiger partial charge on any atom is 0.264 e. The third-order valence-electron chi connectivity index (χ3n) is 6.70. The lowest BCUT2D eigenvalue weighted by atomic mass is 10.1. The van der Waals surface area contributed by atoms with Gasteiger partial charge in [0.15, 0.2) is 11.5 Å². The van der Waals surface area contributed by atoms with Crippen molar-refractivity contribution in [3.05, 3.63) is 82.8 Å². The summed E-state index contributed by atoms with van der Waals surface area (Å²) in [5.74, 6) is 1.11. The summed E-state index contributed by atoms with van der Waals surface area (Å²) >= 11 is 1.41. The third kappa shape index (κ3) is 5.02. The zero-order valence-electron chi connectivity index (χ0n) is 21.1. The van der Waals surface area contributed by atoms with Crippen molar-refractivity contribution < 1.29 is 19.1 Å². The number of nitrogens with zero attached hydrogens (tertiary/aromatic N) is 3. The van der Waals surface area contributed by atoms with Crippen molar-refractivity contribution in [2.45, 2.75) is 4.90 Å². The summed E-state index contributed by atoms with van der Waals surface area (Å²) in [6, 6.07) is 21.4. The molecule has 5 rings (SSSR count). The summed E-state index contributed by atoms with van der Waals surface area (Å²) in [7, 11) is 4.92. The van der Waals surface area contributed by atoms with Crippen LogP contribution in [-0.4, -0.2) is 64.2 Å². The fourth-order valence-electron chi connectivity index (χ4n) is 4.61. The van der Waals surface area contributed by atoms with Gasteiger partial charge in [0.1, 0.15) is 0 Å². The van der Waals surface area contributed by atoms with Crippen LogP contribution in [0.15, 0.2) is 76.5 Å². The fourth-order valence-corrected chi connectivity index (χ4v) is 5.70. The predicted molar refractivity (Wildman–Crippen MR) is 148 cm³/mol. The van der Waals surface area contributed by atoms with E-state index in [1.807, 2.05) is 65.6 Å². The number of hydrogen-bond acceptors (Lipinski definition) is 6. The van der Waals surface area contributed by atoms with Gasteiger partial charge >= 0.3 is 0 Å². The van der Waals surface area contributed by atoms with Gasteiger partial charge in [0.05, 0.1) is 24.8 Å². The Balaban J connectivity index is 1.32. The molecule has 3 aromatic carbocycles. The Morgan fingerprint density at radius 2 is 1.62 bits per heavy atom. The van der Waals surface area contributed by atoms with Crippen molar-refractivity contribution in [2.24, 2.45) is 0 Å². The first-order valence-corrected chi connectivity index (χ1v) is 12.9. The number of benzene rings is 3. The molecule has 37 heavy (non-hydrogen) atoms. The van der Waals surface area contributed by atoms with Crippen LogP contribution < -0.4 is 19.3 Å². The summed E-state index contributed by atoms with van der Waals surface area (Å²) < 4.78 is 10.7. The number of rotatable bonds is 5. The van der Waals surface area contributed by atoms with Crippen LogP contribution in [-0.2, 0) is 4.79 Å². The zero-order valence-corrected chi connectivity index (χ0v) is 22.0. The van der Waals surface area contributed by atoms with Crippen LogP contribution >= 0.6 is 11.8 Å². The van der Waals surface area contributed by atoms with Gasteiger partial charge in [-0.3, -0.25) is 9.59 Å². The first-order valence-electron chi connectivity index (χ1n) is 12.1. The normalized spacial score (nSPS) is 16.6. The van der Waals surface area contributed by atoms with Crippen LogP contribution in [0.4, 0.5) is 11.4 Å². The average Bonchev–Trinajstić information content (AvgIpc) is 2.95. The lowest BCUT2D eigenvalue weighted by Crippen LogP contribution is -2.48. The average molecular weight is 516 g/mol. The number of amides is 2. The number of anilines is 2. The standard InChI is InChI=1S/C29H29N3O4S/c1-30-23-19-21(28(33)32-15-13-31(14-16-32)22-7-5-4-6-8-22)10-12-26(23)37-27(29(30)34)18-20-9-11-24(35-2)25(17-20)36-3/h4-12,17-19H,13-16H2,1-3H3. The molecule has 0 radical (unpaired) electrons. The molecule has 0 N–H and O–H groups in total. The van der Waals surface area contributed by atoms with E-state index in [4.69, 9.17) is 9.47 Å². The fraction of sp³-hybridized carbons (Fsp3) is 0.241. The number of likely N-dealkylation sites (N-methyl/N-ethyl adjacent to an activating group) is 1. The molecule has 7 nitrogen and oxygen atoms in total. The molecule has 2 amide bonds. The number of hydrogen-bond donors (Lipinski definition) is 0. The smallest absolute Gasteiger partial charge is 0.264 e.